The van der Waals surface area contributed by atoms with Crippen molar-refractivity contribution in [2.24, 2.45) is 7.05 Å². The summed E-state index contributed by atoms with van der Waals surface area (Å²) in [5.74, 6) is 1.05. The van der Waals surface area contributed by atoms with Gasteiger partial charge in [-0.15, -0.1) is 0 Å². The van der Waals surface area contributed by atoms with Crippen LogP contribution in [0, 0.1) is 0 Å². The number of nitrogens with one attached hydrogen (secondary N) is 2. The molecule has 3 aromatic heterocycles. The Hall–Kier alpha value is -4.10. The number of aryl methyl sites for hydroxylation is 1. The van der Waals surface area contributed by atoms with Crippen molar-refractivity contribution >= 4 is 33.8 Å². The zero-order valence-electron chi connectivity index (χ0n) is 17.2. The minimum absolute atomic E-state index is 0.120. The second kappa shape index (κ2) is 8.20. The molecular formula is C25H19N3O3S. The van der Waals surface area contributed by atoms with Crippen molar-refractivity contribution in [2.45, 2.75) is 0 Å². The highest BCUT2D eigenvalue weighted by molar-refractivity contribution is 7.08. The fourth-order valence-electron chi connectivity index (χ4n) is 3.61. The van der Waals surface area contributed by atoms with E-state index in [9.17, 15) is 9.59 Å². The molecule has 5 aromatic rings. The molecule has 0 unspecified atom stereocenters. The predicted octanol–water partition coefficient (Wildman–Crippen LogP) is 5.64. The first-order valence-corrected chi connectivity index (χ1v) is 10.9. The molecule has 0 atom stereocenters. The molecule has 5 rings (SSSR count). The van der Waals surface area contributed by atoms with Gasteiger partial charge in [0.1, 0.15) is 17.0 Å². The number of fused-ring (bicyclic) bond motifs is 1. The molecule has 6 nitrogen and oxygen atoms in total. The molecule has 0 aliphatic rings. The van der Waals surface area contributed by atoms with Crippen LogP contribution in [0.2, 0.25) is 0 Å². The quantitative estimate of drug-likeness (QED) is 0.371. The zero-order chi connectivity index (χ0) is 22.1. The Labute approximate surface area is 187 Å². The van der Waals surface area contributed by atoms with Gasteiger partial charge in [-0.2, -0.15) is 11.3 Å². The number of hydrogen-bond donors (Lipinski definition) is 2. The van der Waals surface area contributed by atoms with E-state index in [1.807, 2.05) is 53.2 Å². The maximum absolute atomic E-state index is 12.9. The number of aromatic nitrogens is 2. The first-order valence-electron chi connectivity index (χ1n) is 9.98. The molecule has 0 spiro atoms. The topological polar surface area (TPSA) is 76.1 Å². The van der Waals surface area contributed by atoms with Gasteiger partial charge in [0.2, 0.25) is 0 Å². The van der Waals surface area contributed by atoms with Crippen molar-refractivity contribution in [1.82, 2.24) is 9.55 Å². The molecule has 2 N–H and O–H groups in total. The van der Waals surface area contributed by atoms with E-state index in [4.69, 9.17) is 4.74 Å². The first kappa shape index (κ1) is 19.8. The van der Waals surface area contributed by atoms with Crippen LogP contribution in [0.25, 0.3) is 22.0 Å². The smallest absolute Gasteiger partial charge is 0.274 e. The number of para-hydroxylation sites is 1. The van der Waals surface area contributed by atoms with Crippen molar-refractivity contribution in [3.63, 3.8) is 0 Å². The lowest BCUT2D eigenvalue weighted by atomic mass is 10.00. The molecule has 158 valence electrons. The molecule has 0 aliphatic carbocycles. The second-order valence-electron chi connectivity index (χ2n) is 7.32. The summed E-state index contributed by atoms with van der Waals surface area (Å²) >= 11 is 1.52. The lowest BCUT2D eigenvalue weighted by Gasteiger charge is -2.15. The van der Waals surface area contributed by atoms with Gasteiger partial charge in [0, 0.05) is 46.9 Å². The minimum atomic E-state index is -0.217. The number of nitrogens with zero attached hydrogens (tertiary/aromatic N) is 1. The summed E-state index contributed by atoms with van der Waals surface area (Å²) in [5.41, 5.74) is 3.13. The summed E-state index contributed by atoms with van der Waals surface area (Å²) in [6.07, 6.45) is 3.51. The van der Waals surface area contributed by atoms with Crippen LogP contribution in [0.15, 0.2) is 88.6 Å². The number of rotatable bonds is 5. The van der Waals surface area contributed by atoms with Crippen molar-refractivity contribution < 1.29 is 9.53 Å². The summed E-state index contributed by atoms with van der Waals surface area (Å²) in [6.45, 7) is 0. The van der Waals surface area contributed by atoms with Gasteiger partial charge in [-0.25, -0.2) is 0 Å². The number of ether oxygens (including phenoxy) is 1. The monoisotopic (exact) mass is 441 g/mol. The molecule has 2 aromatic carbocycles. The van der Waals surface area contributed by atoms with Gasteiger partial charge < -0.3 is 19.6 Å². The summed E-state index contributed by atoms with van der Waals surface area (Å²) in [6, 6.07) is 18.5. The third-order valence-corrected chi connectivity index (χ3v) is 5.86. The third kappa shape index (κ3) is 3.70. The van der Waals surface area contributed by atoms with Crippen LogP contribution in [0.3, 0.4) is 0 Å². The number of hydrogen-bond acceptors (Lipinski definition) is 4. The minimum Gasteiger partial charge on any atom is -0.457 e. The SMILES string of the molecule is Cn1cc(-c2cc(C(=O)Nc3ccsc3)ccc2Oc2ccccc2)c2cc[nH]c2c1=O. The van der Waals surface area contributed by atoms with Gasteiger partial charge >= 0.3 is 0 Å². The largest absolute Gasteiger partial charge is 0.457 e. The van der Waals surface area contributed by atoms with Crippen LogP contribution >= 0.6 is 11.3 Å². The van der Waals surface area contributed by atoms with Gasteiger partial charge in [-0.05, 0) is 47.8 Å². The van der Waals surface area contributed by atoms with E-state index in [0.717, 1.165) is 16.6 Å². The lowest BCUT2D eigenvalue weighted by molar-refractivity contribution is 0.102. The van der Waals surface area contributed by atoms with Gasteiger partial charge in [-0.1, -0.05) is 18.2 Å². The van der Waals surface area contributed by atoms with Crippen LogP contribution in [0.5, 0.6) is 11.5 Å². The summed E-state index contributed by atoms with van der Waals surface area (Å²) in [4.78, 5) is 28.5. The predicted molar refractivity (Wildman–Crippen MR) is 128 cm³/mol. The number of aromatic amines is 1. The highest BCUT2D eigenvalue weighted by Gasteiger charge is 2.17. The number of H-pyrrole nitrogens is 1. The molecule has 0 aliphatic heterocycles. The molecular weight excluding hydrogens is 422 g/mol. The molecule has 7 heteroatoms. The molecule has 1 amide bonds. The first-order chi connectivity index (χ1) is 15.6. The number of amides is 1. The Bertz CT molecular complexity index is 1470. The molecule has 0 radical (unpaired) electrons. The Morgan fingerprint density at radius 1 is 1.06 bits per heavy atom. The number of benzene rings is 2. The van der Waals surface area contributed by atoms with E-state index in [2.05, 4.69) is 10.3 Å². The summed E-state index contributed by atoms with van der Waals surface area (Å²) in [5, 5.41) is 7.46. The second-order valence-corrected chi connectivity index (χ2v) is 8.10. The van der Waals surface area contributed by atoms with Crippen LogP contribution < -0.4 is 15.6 Å². The maximum Gasteiger partial charge on any atom is 0.274 e. The number of thiophene rings is 1. The standard InChI is InChI=1S/C25H19N3O3S/c1-28-14-21(19-9-11-26-23(19)25(28)30)20-13-16(24(29)27-17-10-12-32-15-17)7-8-22(20)31-18-5-3-2-4-6-18/h2-15,26H,1H3,(H,27,29). The maximum atomic E-state index is 12.9. The number of pyridine rings is 1. The van der Waals surface area contributed by atoms with E-state index in [1.165, 1.54) is 15.9 Å². The Kier molecular flexibility index (Phi) is 5.09. The molecule has 0 bridgehead atoms. The molecule has 0 fully saturated rings. The van der Waals surface area contributed by atoms with Crippen molar-refractivity contribution in [1.29, 1.82) is 0 Å². The molecule has 3 heterocycles. The van der Waals surface area contributed by atoms with Crippen LogP contribution in [0.4, 0.5) is 5.69 Å². The lowest BCUT2D eigenvalue weighted by Crippen LogP contribution is -2.16. The van der Waals surface area contributed by atoms with Crippen molar-refractivity contribution in [3.05, 3.63) is 99.7 Å². The summed E-state index contributed by atoms with van der Waals surface area (Å²) < 4.78 is 7.70. The molecule has 0 saturated carbocycles. The van der Waals surface area contributed by atoms with Gasteiger partial charge in [-0.3, -0.25) is 9.59 Å². The van der Waals surface area contributed by atoms with E-state index in [0.29, 0.717) is 28.1 Å². The number of carbonyl (C=O) groups excluding carboxylic acids is 1. The van der Waals surface area contributed by atoms with E-state index < -0.39 is 0 Å². The third-order valence-electron chi connectivity index (χ3n) is 5.18. The van der Waals surface area contributed by atoms with E-state index in [-0.39, 0.29) is 11.5 Å². The highest BCUT2D eigenvalue weighted by atomic mass is 32.1. The highest BCUT2D eigenvalue weighted by Crippen LogP contribution is 2.37. The van der Waals surface area contributed by atoms with Gasteiger partial charge in [0.25, 0.3) is 11.5 Å². The van der Waals surface area contributed by atoms with Gasteiger partial charge in [0.15, 0.2) is 0 Å². The fraction of sp³-hybridized carbons (Fsp3) is 0.0400. The molecule has 0 saturated heterocycles. The Morgan fingerprint density at radius 3 is 2.69 bits per heavy atom. The zero-order valence-corrected chi connectivity index (χ0v) is 18.0. The number of carbonyl (C=O) groups is 1. The Morgan fingerprint density at radius 2 is 1.91 bits per heavy atom. The normalized spacial score (nSPS) is 10.9. The van der Waals surface area contributed by atoms with Crippen molar-refractivity contribution in [3.8, 4) is 22.6 Å². The molecule has 32 heavy (non-hydrogen) atoms. The van der Waals surface area contributed by atoms with E-state index >= 15 is 0 Å². The van der Waals surface area contributed by atoms with Crippen LogP contribution in [0.1, 0.15) is 10.4 Å². The van der Waals surface area contributed by atoms with E-state index in [1.54, 1.807) is 37.6 Å². The average Bonchev–Trinajstić information content (AvgIpc) is 3.50. The van der Waals surface area contributed by atoms with Crippen molar-refractivity contribution in [2.75, 3.05) is 5.32 Å². The average molecular weight is 442 g/mol. The van der Waals surface area contributed by atoms with Crippen LogP contribution in [-0.2, 0) is 7.05 Å². The van der Waals surface area contributed by atoms with Gasteiger partial charge in [0.05, 0.1) is 5.69 Å². The number of anilines is 1. The fourth-order valence-corrected chi connectivity index (χ4v) is 4.20. The Balaban J connectivity index is 1.66. The van der Waals surface area contributed by atoms with Crippen LogP contribution in [-0.4, -0.2) is 15.5 Å². The summed E-state index contributed by atoms with van der Waals surface area (Å²) in [7, 11) is 1.71.